The molecule has 4 nitrogen and oxygen atoms in total. The van der Waals surface area contributed by atoms with Gasteiger partial charge in [-0.25, -0.2) is 0 Å². The molecule has 0 aliphatic carbocycles. The molecule has 2 aromatic carbocycles. The van der Waals surface area contributed by atoms with Crippen LogP contribution in [0.4, 0.5) is 5.69 Å². The van der Waals surface area contributed by atoms with E-state index in [1.165, 1.54) is 5.56 Å². The van der Waals surface area contributed by atoms with E-state index in [0.29, 0.717) is 16.6 Å². The van der Waals surface area contributed by atoms with Gasteiger partial charge in [0.2, 0.25) is 0 Å². The number of rotatable bonds is 6. The molecule has 2 aromatic rings. The summed E-state index contributed by atoms with van der Waals surface area (Å²) in [7, 11) is 0. The molecule has 2 atom stereocenters. The second-order valence-electron chi connectivity index (χ2n) is 6.71. The van der Waals surface area contributed by atoms with E-state index in [1.807, 2.05) is 24.3 Å². The lowest BCUT2D eigenvalue weighted by Crippen LogP contribution is -2.55. The highest BCUT2D eigenvalue weighted by atomic mass is 35.5. The van der Waals surface area contributed by atoms with Crippen molar-refractivity contribution in [2.75, 3.05) is 37.7 Å². The van der Waals surface area contributed by atoms with Crippen molar-refractivity contribution in [1.82, 2.24) is 10.2 Å². The van der Waals surface area contributed by atoms with Crippen LogP contribution in [0.5, 0.6) is 0 Å². The maximum absolute atomic E-state index is 9.09. The topological polar surface area (TPSA) is 38.7 Å². The summed E-state index contributed by atoms with van der Waals surface area (Å²) in [5, 5.41) is 14.4. The minimum absolute atomic E-state index is 0.130. The van der Waals surface area contributed by atoms with Crippen molar-refractivity contribution < 1.29 is 5.11 Å². The minimum atomic E-state index is 0.130. The van der Waals surface area contributed by atoms with E-state index in [2.05, 4.69) is 34.2 Å². The van der Waals surface area contributed by atoms with Gasteiger partial charge in [0.25, 0.3) is 0 Å². The number of aliphatic hydroxyl groups is 1. The highest BCUT2D eigenvalue weighted by molar-refractivity contribution is 6.36. The Hall–Kier alpha value is -1.01. The van der Waals surface area contributed by atoms with Gasteiger partial charge in [-0.3, -0.25) is 10.2 Å². The average molecular weight is 429 g/mol. The summed E-state index contributed by atoms with van der Waals surface area (Å²) in [6.07, 6.45) is 0.176. The average Bonchev–Trinajstić information content (AvgIpc) is 2.66. The van der Waals surface area contributed by atoms with Crippen molar-refractivity contribution in [1.29, 1.82) is 0 Å². The number of nitrogens with zero attached hydrogens (tertiary/aromatic N) is 2. The van der Waals surface area contributed by atoms with Gasteiger partial charge in [-0.2, -0.15) is 0 Å². The molecule has 0 bridgehead atoms. The summed E-state index contributed by atoms with van der Waals surface area (Å²) in [6, 6.07) is 13.8. The molecule has 3 rings (SSSR count). The first kappa shape index (κ1) is 20.7. The molecule has 1 aliphatic rings. The van der Waals surface area contributed by atoms with Gasteiger partial charge in [-0.1, -0.05) is 46.9 Å². The van der Waals surface area contributed by atoms with E-state index in [0.717, 1.165) is 30.3 Å². The van der Waals surface area contributed by atoms with Gasteiger partial charge in [0, 0.05) is 36.2 Å². The number of benzene rings is 2. The maximum Gasteiger partial charge on any atom is 0.0671 e. The predicted octanol–water partition coefficient (Wildman–Crippen LogP) is 4.44. The molecule has 0 amide bonds. The van der Waals surface area contributed by atoms with E-state index in [-0.39, 0.29) is 18.8 Å². The monoisotopic (exact) mass is 427 g/mol. The Morgan fingerprint density at radius 3 is 2.44 bits per heavy atom. The quantitative estimate of drug-likeness (QED) is 0.713. The van der Waals surface area contributed by atoms with Gasteiger partial charge in [-0.05, 0) is 42.8 Å². The summed E-state index contributed by atoms with van der Waals surface area (Å²) in [5.41, 5.74) is 2.17. The Labute approximate surface area is 175 Å². The van der Waals surface area contributed by atoms with Gasteiger partial charge in [0.05, 0.1) is 29.5 Å². The molecule has 0 saturated carbocycles. The lowest BCUT2D eigenvalue weighted by molar-refractivity contribution is 0.139. The van der Waals surface area contributed by atoms with Crippen LogP contribution in [0.15, 0.2) is 42.5 Å². The first-order chi connectivity index (χ1) is 13.0. The van der Waals surface area contributed by atoms with E-state index < -0.39 is 0 Å². The standard InChI is InChI=1S/C20H24Cl3N3O/c1-14(24-8-11-27)25-9-10-26(19-7-6-17(22)12-18(19)23)20(13-25)15-2-4-16(21)5-3-15/h2-7,12,14,20,24,27H,8-11,13H2,1H3/t14?,20-/m0/s1. The van der Waals surface area contributed by atoms with Gasteiger partial charge in [0.1, 0.15) is 0 Å². The Morgan fingerprint density at radius 1 is 1.07 bits per heavy atom. The van der Waals surface area contributed by atoms with Crippen molar-refractivity contribution in [2.45, 2.75) is 19.1 Å². The number of hydrogen-bond acceptors (Lipinski definition) is 4. The van der Waals surface area contributed by atoms with Crippen LogP contribution in [-0.2, 0) is 0 Å². The molecule has 0 aromatic heterocycles. The van der Waals surface area contributed by atoms with Gasteiger partial charge in [0.15, 0.2) is 0 Å². The number of nitrogens with one attached hydrogen (secondary N) is 1. The molecule has 0 spiro atoms. The molecular formula is C20H24Cl3N3O. The normalized spacial score (nSPS) is 19.3. The summed E-state index contributed by atoms with van der Waals surface area (Å²) in [4.78, 5) is 4.71. The molecule has 1 heterocycles. The van der Waals surface area contributed by atoms with E-state index in [1.54, 1.807) is 6.07 Å². The number of anilines is 1. The molecule has 1 fully saturated rings. The first-order valence-corrected chi connectivity index (χ1v) is 10.2. The summed E-state index contributed by atoms with van der Waals surface area (Å²) < 4.78 is 0. The van der Waals surface area contributed by atoms with Crippen LogP contribution in [-0.4, -0.2) is 49.0 Å². The zero-order chi connectivity index (χ0) is 19.4. The number of aliphatic hydroxyl groups excluding tert-OH is 1. The second-order valence-corrected chi connectivity index (χ2v) is 7.99. The lowest BCUT2D eigenvalue weighted by atomic mass is 10.0. The molecule has 1 saturated heterocycles. The van der Waals surface area contributed by atoms with Crippen molar-refractivity contribution in [3.63, 3.8) is 0 Å². The van der Waals surface area contributed by atoms with Crippen molar-refractivity contribution >= 4 is 40.5 Å². The summed E-state index contributed by atoms with van der Waals surface area (Å²) >= 11 is 18.7. The largest absolute Gasteiger partial charge is 0.395 e. The molecule has 0 radical (unpaired) electrons. The Morgan fingerprint density at radius 2 is 1.78 bits per heavy atom. The van der Waals surface area contributed by atoms with Crippen molar-refractivity contribution in [3.8, 4) is 0 Å². The fourth-order valence-electron chi connectivity index (χ4n) is 3.53. The smallest absolute Gasteiger partial charge is 0.0671 e. The van der Waals surface area contributed by atoms with Crippen LogP contribution in [0.2, 0.25) is 15.1 Å². The number of hydrogen-bond donors (Lipinski definition) is 2. The van der Waals surface area contributed by atoms with E-state index in [9.17, 15) is 0 Å². The first-order valence-electron chi connectivity index (χ1n) is 9.05. The highest BCUT2D eigenvalue weighted by Crippen LogP contribution is 2.37. The Bertz CT molecular complexity index is 757. The van der Waals surface area contributed by atoms with Crippen LogP contribution in [0.1, 0.15) is 18.5 Å². The van der Waals surface area contributed by atoms with Crippen molar-refractivity contribution in [3.05, 3.63) is 63.1 Å². The fourth-order valence-corrected chi connectivity index (χ4v) is 4.17. The van der Waals surface area contributed by atoms with Gasteiger partial charge < -0.3 is 10.0 Å². The molecular weight excluding hydrogens is 405 g/mol. The fraction of sp³-hybridized carbons (Fsp3) is 0.400. The third-order valence-electron chi connectivity index (χ3n) is 4.98. The summed E-state index contributed by atoms with van der Waals surface area (Å²) in [6.45, 7) is 5.39. The highest BCUT2D eigenvalue weighted by Gasteiger charge is 2.31. The second kappa shape index (κ2) is 9.46. The van der Waals surface area contributed by atoms with E-state index in [4.69, 9.17) is 39.9 Å². The molecule has 2 N–H and O–H groups in total. The molecule has 146 valence electrons. The summed E-state index contributed by atoms with van der Waals surface area (Å²) in [5.74, 6) is 0. The predicted molar refractivity (Wildman–Crippen MR) is 114 cm³/mol. The van der Waals surface area contributed by atoms with Gasteiger partial charge in [-0.15, -0.1) is 0 Å². The third kappa shape index (κ3) is 5.08. The van der Waals surface area contributed by atoms with Crippen LogP contribution in [0.3, 0.4) is 0 Å². The number of halogens is 3. The molecule has 1 unspecified atom stereocenters. The maximum atomic E-state index is 9.09. The van der Waals surface area contributed by atoms with Crippen molar-refractivity contribution in [2.24, 2.45) is 0 Å². The Balaban J connectivity index is 1.89. The van der Waals surface area contributed by atoms with E-state index >= 15 is 0 Å². The number of piperazine rings is 1. The van der Waals surface area contributed by atoms with Crippen LogP contribution in [0.25, 0.3) is 0 Å². The Kier molecular flexibility index (Phi) is 7.26. The molecule has 27 heavy (non-hydrogen) atoms. The van der Waals surface area contributed by atoms with Gasteiger partial charge >= 0.3 is 0 Å². The lowest BCUT2D eigenvalue weighted by Gasteiger charge is -2.45. The van der Waals surface area contributed by atoms with Crippen LogP contribution >= 0.6 is 34.8 Å². The van der Waals surface area contributed by atoms with Crippen LogP contribution < -0.4 is 10.2 Å². The van der Waals surface area contributed by atoms with Crippen LogP contribution in [0, 0.1) is 0 Å². The molecule has 1 aliphatic heterocycles. The minimum Gasteiger partial charge on any atom is -0.395 e. The zero-order valence-electron chi connectivity index (χ0n) is 15.2. The SMILES string of the molecule is CC(NCCO)N1CCN(c2ccc(Cl)cc2Cl)[C@H](c2ccc(Cl)cc2)C1. The third-order valence-corrected chi connectivity index (χ3v) is 5.77. The molecule has 7 heteroatoms. The zero-order valence-corrected chi connectivity index (χ0v) is 17.5.